The minimum absolute atomic E-state index is 0.130. The number of hydrogen-bond donors (Lipinski definition) is 1. The third-order valence-corrected chi connectivity index (χ3v) is 5.05. The molecule has 1 aromatic heterocycles. The van der Waals surface area contributed by atoms with Crippen LogP contribution in [0.15, 0.2) is 36.4 Å². The Labute approximate surface area is 143 Å². The lowest BCUT2D eigenvalue weighted by Gasteiger charge is -2.18. The van der Waals surface area contributed by atoms with Crippen molar-refractivity contribution in [2.75, 3.05) is 12.0 Å². The number of amides is 1. The van der Waals surface area contributed by atoms with Crippen LogP contribution in [0.4, 0.5) is 0 Å². The van der Waals surface area contributed by atoms with Crippen molar-refractivity contribution in [3.63, 3.8) is 0 Å². The van der Waals surface area contributed by atoms with E-state index in [4.69, 9.17) is 0 Å². The molecule has 1 N–H and O–H groups in total. The summed E-state index contributed by atoms with van der Waals surface area (Å²) in [5.41, 5.74) is 3.27. The van der Waals surface area contributed by atoms with Gasteiger partial charge in [-0.1, -0.05) is 30.3 Å². The number of carbonyl (C=O) groups excluding carboxylic acids is 1. The molecule has 0 unspecified atom stereocenters. The van der Waals surface area contributed by atoms with Gasteiger partial charge in [0.05, 0.1) is 17.4 Å². The van der Waals surface area contributed by atoms with Gasteiger partial charge in [-0.15, -0.1) is 0 Å². The second kappa shape index (κ2) is 7.21. The molecule has 1 atom stereocenters. The van der Waals surface area contributed by atoms with Crippen molar-refractivity contribution >= 4 is 15.7 Å². The molecule has 1 heterocycles. The maximum absolute atomic E-state index is 12.7. The third kappa shape index (κ3) is 4.26. The highest BCUT2D eigenvalue weighted by molar-refractivity contribution is 7.90. The quantitative estimate of drug-likeness (QED) is 0.872. The standard InChI is InChI=1S/C18H24N2O3S/c1-5-20-13(2)11-16(14(20)3)18(21)19-17(12-24(4,22)23)15-9-7-6-8-10-15/h6-11,17H,5,12H2,1-4H3,(H,19,21)/t17-/m0/s1. The van der Waals surface area contributed by atoms with Gasteiger partial charge in [0.15, 0.2) is 0 Å². The topological polar surface area (TPSA) is 68.2 Å². The third-order valence-electron chi connectivity index (χ3n) is 4.11. The fourth-order valence-corrected chi connectivity index (χ4v) is 3.84. The fraction of sp³-hybridized carbons (Fsp3) is 0.389. The van der Waals surface area contributed by atoms with Crippen LogP contribution in [0.5, 0.6) is 0 Å². The number of aromatic nitrogens is 1. The van der Waals surface area contributed by atoms with Crippen LogP contribution in [0.25, 0.3) is 0 Å². The highest BCUT2D eigenvalue weighted by atomic mass is 32.2. The van der Waals surface area contributed by atoms with Gasteiger partial charge in [0.2, 0.25) is 0 Å². The second-order valence-corrected chi connectivity index (χ2v) is 8.24. The molecule has 0 radical (unpaired) electrons. The molecule has 1 amide bonds. The Hall–Kier alpha value is -2.08. The summed E-state index contributed by atoms with van der Waals surface area (Å²) in [5.74, 6) is -0.379. The first-order valence-corrected chi connectivity index (χ1v) is 9.99. The lowest BCUT2D eigenvalue weighted by molar-refractivity contribution is 0.0939. The van der Waals surface area contributed by atoms with Crippen molar-refractivity contribution in [3.05, 3.63) is 58.9 Å². The van der Waals surface area contributed by atoms with E-state index in [1.165, 1.54) is 6.26 Å². The normalized spacial score (nSPS) is 12.8. The summed E-state index contributed by atoms with van der Waals surface area (Å²) < 4.78 is 25.6. The van der Waals surface area contributed by atoms with Gasteiger partial charge in [-0.25, -0.2) is 8.42 Å². The van der Waals surface area contributed by atoms with E-state index < -0.39 is 15.9 Å². The number of nitrogens with zero attached hydrogens (tertiary/aromatic N) is 1. The zero-order chi connectivity index (χ0) is 17.9. The maximum atomic E-state index is 12.7. The molecular weight excluding hydrogens is 324 g/mol. The van der Waals surface area contributed by atoms with Crippen LogP contribution in [0, 0.1) is 13.8 Å². The number of nitrogens with one attached hydrogen (secondary N) is 1. The molecule has 0 bridgehead atoms. The van der Waals surface area contributed by atoms with E-state index in [0.29, 0.717) is 5.56 Å². The molecule has 0 saturated heterocycles. The van der Waals surface area contributed by atoms with Crippen LogP contribution in [0.2, 0.25) is 0 Å². The zero-order valence-electron chi connectivity index (χ0n) is 14.5. The van der Waals surface area contributed by atoms with E-state index in [9.17, 15) is 13.2 Å². The molecule has 5 nitrogen and oxygen atoms in total. The van der Waals surface area contributed by atoms with Crippen LogP contribution in [0.3, 0.4) is 0 Å². The maximum Gasteiger partial charge on any atom is 0.253 e. The van der Waals surface area contributed by atoms with Crippen molar-refractivity contribution in [2.24, 2.45) is 0 Å². The molecule has 24 heavy (non-hydrogen) atoms. The van der Waals surface area contributed by atoms with Gasteiger partial charge in [-0.3, -0.25) is 4.79 Å². The molecule has 1 aromatic carbocycles. The average molecular weight is 348 g/mol. The molecule has 0 fully saturated rings. The lowest BCUT2D eigenvalue weighted by Crippen LogP contribution is -2.33. The van der Waals surface area contributed by atoms with Crippen molar-refractivity contribution in [3.8, 4) is 0 Å². The molecule has 0 saturated carbocycles. The molecule has 2 aromatic rings. The van der Waals surface area contributed by atoms with Crippen LogP contribution < -0.4 is 5.32 Å². The van der Waals surface area contributed by atoms with Gasteiger partial charge in [-0.05, 0) is 32.4 Å². The smallest absolute Gasteiger partial charge is 0.253 e. The summed E-state index contributed by atoms with van der Waals surface area (Å²) in [5, 5.41) is 2.88. The van der Waals surface area contributed by atoms with E-state index in [0.717, 1.165) is 23.5 Å². The fourth-order valence-electron chi connectivity index (χ4n) is 2.96. The molecule has 0 aliphatic heterocycles. The first-order valence-electron chi connectivity index (χ1n) is 7.93. The number of hydrogen-bond acceptors (Lipinski definition) is 3. The summed E-state index contributed by atoms with van der Waals surface area (Å²) >= 11 is 0. The van der Waals surface area contributed by atoms with Crippen LogP contribution >= 0.6 is 0 Å². The van der Waals surface area contributed by atoms with Crippen molar-refractivity contribution in [1.82, 2.24) is 9.88 Å². The van der Waals surface area contributed by atoms with Crippen molar-refractivity contribution in [2.45, 2.75) is 33.4 Å². The summed E-state index contributed by atoms with van der Waals surface area (Å²) in [7, 11) is -3.24. The highest BCUT2D eigenvalue weighted by Crippen LogP contribution is 2.19. The monoisotopic (exact) mass is 348 g/mol. The van der Waals surface area contributed by atoms with Crippen molar-refractivity contribution in [1.29, 1.82) is 0 Å². The van der Waals surface area contributed by atoms with Gasteiger partial charge in [0, 0.05) is 24.2 Å². The van der Waals surface area contributed by atoms with Crippen LogP contribution in [-0.2, 0) is 16.4 Å². The highest BCUT2D eigenvalue weighted by Gasteiger charge is 2.22. The van der Waals surface area contributed by atoms with Gasteiger partial charge in [0.1, 0.15) is 9.84 Å². The Morgan fingerprint density at radius 2 is 1.83 bits per heavy atom. The minimum Gasteiger partial charge on any atom is -0.349 e. The van der Waals surface area contributed by atoms with Crippen LogP contribution in [0.1, 0.15) is 40.3 Å². The first-order chi connectivity index (χ1) is 11.2. The predicted octanol–water partition coefficient (Wildman–Crippen LogP) is 2.64. The Morgan fingerprint density at radius 3 is 2.33 bits per heavy atom. The number of benzene rings is 1. The Morgan fingerprint density at radius 1 is 1.21 bits per heavy atom. The van der Waals surface area contributed by atoms with E-state index in [1.54, 1.807) is 0 Å². The molecule has 0 aliphatic rings. The van der Waals surface area contributed by atoms with Gasteiger partial charge < -0.3 is 9.88 Å². The van der Waals surface area contributed by atoms with E-state index in [-0.39, 0.29) is 11.7 Å². The minimum atomic E-state index is -3.24. The van der Waals surface area contributed by atoms with Gasteiger partial charge >= 0.3 is 0 Å². The summed E-state index contributed by atoms with van der Waals surface area (Å²) in [6, 6.07) is 10.4. The first kappa shape index (κ1) is 18.3. The van der Waals surface area contributed by atoms with Gasteiger partial charge in [-0.2, -0.15) is 0 Å². The van der Waals surface area contributed by atoms with Gasteiger partial charge in [0.25, 0.3) is 5.91 Å². The number of sulfone groups is 1. The SMILES string of the molecule is CCn1c(C)cc(C(=O)N[C@@H](CS(C)(=O)=O)c2ccccc2)c1C. The zero-order valence-corrected chi connectivity index (χ0v) is 15.4. The summed E-state index contributed by atoms with van der Waals surface area (Å²) in [6.07, 6.45) is 1.18. The molecular formula is C18H24N2O3S. The van der Waals surface area contributed by atoms with Crippen molar-refractivity contribution < 1.29 is 13.2 Å². The second-order valence-electron chi connectivity index (χ2n) is 6.06. The largest absolute Gasteiger partial charge is 0.349 e. The van der Waals surface area contributed by atoms with E-state index in [1.807, 2.05) is 57.2 Å². The summed E-state index contributed by atoms with van der Waals surface area (Å²) in [4.78, 5) is 12.7. The Bertz CT molecular complexity index is 823. The van der Waals surface area contributed by atoms with E-state index in [2.05, 4.69) is 9.88 Å². The Kier molecular flexibility index (Phi) is 5.49. The average Bonchev–Trinajstić information content (AvgIpc) is 2.80. The molecule has 0 spiro atoms. The molecule has 2 rings (SSSR count). The number of carbonyl (C=O) groups is 1. The Balaban J connectivity index is 2.31. The lowest BCUT2D eigenvalue weighted by atomic mass is 10.1. The van der Waals surface area contributed by atoms with Crippen LogP contribution in [-0.4, -0.2) is 30.9 Å². The van der Waals surface area contributed by atoms with E-state index >= 15 is 0 Å². The summed E-state index contributed by atoms with van der Waals surface area (Å²) in [6.45, 7) is 6.67. The number of rotatable bonds is 6. The molecule has 0 aliphatic carbocycles. The predicted molar refractivity (Wildman–Crippen MR) is 95.9 cm³/mol. The number of aryl methyl sites for hydroxylation is 1. The molecule has 6 heteroatoms. The molecule has 130 valence electrons.